The molecule has 0 saturated carbocycles. The predicted octanol–water partition coefficient (Wildman–Crippen LogP) is 4.09. The summed E-state index contributed by atoms with van der Waals surface area (Å²) in [5.41, 5.74) is 11.4. The lowest BCUT2D eigenvalue weighted by molar-refractivity contribution is 0.520. The van der Waals surface area contributed by atoms with Crippen LogP contribution in [0.15, 0.2) is 18.2 Å². The van der Waals surface area contributed by atoms with E-state index in [9.17, 15) is 0 Å². The van der Waals surface area contributed by atoms with Crippen molar-refractivity contribution in [3.63, 3.8) is 0 Å². The third-order valence-corrected chi connectivity index (χ3v) is 3.49. The van der Waals surface area contributed by atoms with Crippen molar-refractivity contribution in [3.05, 3.63) is 34.9 Å². The van der Waals surface area contributed by atoms with E-state index in [2.05, 4.69) is 45.9 Å². The van der Waals surface area contributed by atoms with E-state index in [0.717, 1.165) is 12.1 Å². The summed E-state index contributed by atoms with van der Waals surface area (Å²) < 4.78 is 0. The van der Waals surface area contributed by atoms with E-state index in [4.69, 9.17) is 5.73 Å². The molecule has 0 amide bonds. The molecule has 0 saturated heterocycles. The zero-order chi connectivity index (χ0) is 11.9. The summed E-state index contributed by atoms with van der Waals surface area (Å²) in [6, 6.07) is 4.19. The normalized spacial score (nSPS) is 17.6. The summed E-state index contributed by atoms with van der Waals surface area (Å²) >= 11 is 0. The second kappa shape index (κ2) is 3.65. The molecule has 1 heteroatoms. The first-order chi connectivity index (χ1) is 7.43. The largest absolute Gasteiger partial charge is 0.398 e. The van der Waals surface area contributed by atoms with Crippen molar-refractivity contribution in [2.45, 2.75) is 45.4 Å². The molecule has 2 N–H and O–H groups in total. The van der Waals surface area contributed by atoms with Crippen LogP contribution < -0.4 is 5.73 Å². The molecule has 0 spiro atoms. The molecular formula is C15H21N. The van der Waals surface area contributed by atoms with E-state index in [1.54, 1.807) is 0 Å². The fourth-order valence-corrected chi connectivity index (χ4v) is 2.75. The van der Waals surface area contributed by atoms with Gasteiger partial charge in [-0.25, -0.2) is 0 Å². The van der Waals surface area contributed by atoms with Crippen LogP contribution in [0.3, 0.4) is 0 Å². The first-order valence-corrected chi connectivity index (χ1v) is 6.03. The number of nitrogen functional groups attached to an aromatic ring is 1. The Morgan fingerprint density at radius 3 is 2.56 bits per heavy atom. The minimum absolute atomic E-state index is 0.207. The van der Waals surface area contributed by atoms with E-state index < -0.39 is 0 Å². The van der Waals surface area contributed by atoms with Crippen LogP contribution >= 0.6 is 0 Å². The Morgan fingerprint density at radius 1 is 1.25 bits per heavy atom. The van der Waals surface area contributed by atoms with Gasteiger partial charge in [-0.2, -0.15) is 0 Å². The molecule has 1 nitrogen and oxygen atoms in total. The summed E-state index contributed by atoms with van der Waals surface area (Å²) in [7, 11) is 0. The number of anilines is 1. The van der Waals surface area contributed by atoms with E-state index >= 15 is 0 Å². The van der Waals surface area contributed by atoms with E-state index in [0.29, 0.717) is 5.92 Å². The Bertz CT molecular complexity index is 439. The molecule has 1 aliphatic carbocycles. The van der Waals surface area contributed by atoms with Crippen molar-refractivity contribution in [1.29, 1.82) is 0 Å². The summed E-state index contributed by atoms with van der Waals surface area (Å²) in [5.74, 6) is 0.487. The van der Waals surface area contributed by atoms with Gasteiger partial charge in [0.1, 0.15) is 0 Å². The molecule has 0 aromatic heterocycles. The van der Waals surface area contributed by atoms with Crippen molar-refractivity contribution in [2.24, 2.45) is 0 Å². The van der Waals surface area contributed by atoms with Gasteiger partial charge in [-0.3, -0.25) is 0 Å². The maximum Gasteiger partial charge on any atom is 0.0352 e. The maximum absolute atomic E-state index is 6.14. The molecule has 16 heavy (non-hydrogen) atoms. The number of fused-ring (bicyclic) bond motifs is 1. The van der Waals surface area contributed by atoms with Gasteiger partial charge in [0.15, 0.2) is 0 Å². The highest BCUT2D eigenvalue weighted by atomic mass is 14.6. The number of hydrogen-bond acceptors (Lipinski definition) is 1. The second-order valence-corrected chi connectivity index (χ2v) is 5.68. The second-order valence-electron chi connectivity index (χ2n) is 5.68. The van der Waals surface area contributed by atoms with Gasteiger partial charge >= 0.3 is 0 Å². The number of rotatable bonds is 1. The highest BCUT2D eigenvalue weighted by Gasteiger charge is 2.29. The lowest BCUT2D eigenvalue weighted by Gasteiger charge is -2.33. The number of allylic oxidation sites excluding steroid dienone is 1. The monoisotopic (exact) mass is 215 g/mol. The van der Waals surface area contributed by atoms with Gasteiger partial charge in [-0.1, -0.05) is 45.9 Å². The zero-order valence-electron chi connectivity index (χ0n) is 10.7. The summed E-state index contributed by atoms with van der Waals surface area (Å²) in [5, 5.41) is 0. The highest BCUT2D eigenvalue weighted by molar-refractivity contribution is 5.68. The van der Waals surface area contributed by atoms with Crippen molar-refractivity contribution in [3.8, 4) is 0 Å². The minimum Gasteiger partial charge on any atom is -0.398 e. The van der Waals surface area contributed by atoms with Gasteiger partial charge in [0, 0.05) is 5.69 Å². The van der Waals surface area contributed by atoms with Gasteiger partial charge in [-0.05, 0) is 40.5 Å². The standard InChI is InChI=1S/C15H21N/c1-10(2)13-12(16)8-7-11-6-5-9-15(3,4)14(11)13/h5-8,10H,9,16H2,1-4H3. The molecule has 0 radical (unpaired) electrons. The Balaban J connectivity index is 2.75. The van der Waals surface area contributed by atoms with Crippen LogP contribution in [0.2, 0.25) is 0 Å². The van der Waals surface area contributed by atoms with Crippen molar-refractivity contribution in [1.82, 2.24) is 0 Å². The molecule has 0 fully saturated rings. The lowest BCUT2D eigenvalue weighted by Crippen LogP contribution is -2.23. The van der Waals surface area contributed by atoms with E-state index in [-0.39, 0.29) is 5.41 Å². The fourth-order valence-electron chi connectivity index (χ4n) is 2.75. The molecule has 2 rings (SSSR count). The average molecular weight is 215 g/mol. The first-order valence-electron chi connectivity index (χ1n) is 6.03. The topological polar surface area (TPSA) is 26.0 Å². The van der Waals surface area contributed by atoms with Crippen molar-refractivity contribution >= 4 is 11.8 Å². The highest BCUT2D eigenvalue weighted by Crippen LogP contribution is 2.42. The molecule has 1 aromatic rings. The van der Waals surface area contributed by atoms with Gasteiger partial charge in [0.2, 0.25) is 0 Å². The van der Waals surface area contributed by atoms with Crippen LogP contribution in [0.5, 0.6) is 0 Å². The number of benzene rings is 1. The lowest BCUT2D eigenvalue weighted by atomic mass is 9.71. The molecular weight excluding hydrogens is 194 g/mol. The molecule has 1 aromatic carbocycles. The summed E-state index contributed by atoms with van der Waals surface area (Å²) in [6.45, 7) is 9.06. The number of nitrogens with two attached hydrogens (primary N) is 1. The third-order valence-electron chi connectivity index (χ3n) is 3.49. The molecule has 0 heterocycles. The van der Waals surface area contributed by atoms with Crippen molar-refractivity contribution < 1.29 is 0 Å². The Hall–Kier alpha value is -1.24. The minimum atomic E-state index is 0.207. The van der Waals surface area contributed by atoms with Crippen LogP contribution in [0.1, 0.15) is 56.7 Å². The van der Waals surface area contributed by atoms with Crippen LogP contribution in [-0.2, 0) is 5.41 Å². The van der Waals surface area contributed by atoms with Crippen LogP contribution in [0.25, 0.3) is 6.08 Å². The first kappa shape index (κ1) is 11.3. The summed E-state index contributed by atoms with van der Waals surface area (Å²) in [6.07, 6.45) is 5.59. The fraction of sp³-hybridized carbons (Fsp3) is 0.467. The Morgan fingerprint density at radius 2 is 1.94 bits per heavy atom. The van der Waals surface area contributed by atoms with Crippen LogP contribution in [0, 0.1) is 0 Å². The molecule has 0 aliphatic heterocycles. The number of hydrogen-bond donors (Lipinski definition) is 1. The van der Waals surface area contributed by atoms with Gasteiger partial charge in [-0.15, -0.1) is 0 Å². The maximum atomic E-state index is 6.14. The molecule has 86 valence electrons. The predicted molar refractivity (Wildman–Crippen MR) is 71.6 cm³/mol. The van der Waals surface area contributed by atoms with E-state index in [1.165, 1.54) is 16.7 Å². The Labute approximate surface area is 98.4 Å². The SMILES string of the molecule is CC(C)c1c(N)ccc2c1C(C)(C)CC=C2. The smallest absolute Gasteiger partial charge is 0.0352 e. The van der Waals surface area contributed by atoms with Gasteiger partial charge < -0.3 is 5.73 Å². The Kier molecular flexibility index (Phi) is 2.57. The third kappa shape index (κ3) is 1.64. The summed E-state index contributed by atoms with van der Waals surface area (Å²) in [4.78, 5) is 0. The van der Waals surface area contributed by atoms with Crippen LogP contribution in [-0.4, -0.2) is 0 Å². The molecule has 0 bridgehead atoms. The van der Waals surface area contributed by atoms with Crippen LogP contribution in [0.4, 0.5) is 5.69 Å². The van der Waals surface area contributed by atoms with E-state index in [1.807, 2.05) is 6.07 Å². The van der Waals surface area contributed by atoms with Crippen molar-refractivity contribution in [2.75, 3.05) is 5.73 Å². The molecule has 0 unspecified atom stereocenters. The quantitative estimate of drug-likeness (QED) is 0.702. The zero-order valence-corrected chi connectivity index (χ0v) is 10.7. The van der Waals surface area contributed by atoms with Gasteiger partial charge in [0.05, 0.1) is 0 Å². The molecule has 0 atom stereocenters. The molecule has 1 aliphatic rings. The average Bonchev–Trinajstić information content (AvgIpc) is 2.17. The van der Waals surface area contributed by atoms with Gasteiger partial charge in [0.25, 0.3) is 0 Å².